The highest BCUT2D eigenvalue weighted by atomic mass is 16.4. The molecule has 0 amide bonds. The van der Waals surface area contributed by atoms with Gasteiger partial charge in [-0.1, -0.05) is 0 Å². The maximum absolute atomic E-state index is 9.10. The van der Waals surface area contributed by atoms with Crippen molar-refractivity contribution in [2.24, 2.45) is 0 Å². The van der Waals surface area contributed by atoms with Gasteiger partial charge in [-0.2, -0.15) is 0 Å². The highest BCUT2D eigenvalue weighted by molar-refractivity contribution is 6.27. The van der Waals surface area contributed by atoms with Gasteiger partial charge in [-0.3, -0.25) is 0 Å². The van der Waals surface area contributed by atoms with Crippen LogP contribution < -0.4 is 0 Å². The second kappa shape index (κ2) is 35.2. The fraction of sp³-hybridized carbons (Fsp3) is 0. The van der Waals surface area contributed by atoms with Gasteiger partial charge in [-0.05, 0) is 0 Å². The number of carboxylic acid groups (broad SMARTS) is 2. The molecule has 2 N–H and O–H groups in total. The quantitative estimate of drug-likeness (QED) is 0.431. The van der Waals surface area contributed by atoms with E-state index >= 15 is 0 Å². The Bertz CT molecular complexity index is 103. The maximum Gasteiger partial charge on any atom is 0.414 e. The van der Waals surface area contributed by atoms with Gasteiger partial charge in [-0.25, -0.2) is 9.59 Å². The molecule has 0 aromatic carbocycles. The Kier molecular flexibility index (Phi) is 66.0. The SMILES string of the molecule is C=C.C=C.C=C.O=C(O)C(=O)O. The van der Waals surface area contributed by atoms with Crippen molar-refractivity contribution in [1.29, 1.82) is 0 Å². The predicted octanol–water partition coefficient (Wildman–Crippen LogP) is 1.56. The summed E-state index contributed by atoms with van der Waals surface area (Å²) in [5, 5.41) is 14.8. The largest absolute Gasteiger partial charge is 0.473 e. The average molecular weight is 174 g/mol. The lowest BCUT2D eigenvalue weighted by atomic mass is 10.7. The van der Waals surface area contributed by atoms with Crippen molar-refractivity contribution in [3.8, 4) is 0 Å². The second-order valence-corrected chi connectivity index (χ2v) is 0.610. The molecular weight excluding hydrogens is 160 g/mol. The van der Waals surface area contributed by atoms with Crippen molar-refractivity contribution in [3.63, 3.8) is 0 Å². The summed E-state index contributed by atoms with van der Waals surface area (Å²) in [6.07, 6.45) is 0. The predicted molar refractivity (Wildman–Crippen MR) is 49.0 cm³/mol. The van der Waals surface area contributed by atoms with Gasteiger partial charge in [-0.15, -0.1) is 39.5 Å². The summed E-state index contributed by atoms with van der Waals surface area (Å²) in [7, 11) is 0. The third kappa shape index (κ3) is 89.7. The lowest BCUT2D eigenvalue weighted by Crippen LogP contribution is -2.09. The summed E-state index contributed by atoms with van der Waals surface area (Å²) in [5.41, 5.74) is 0. The molecular formula is C8H14O4. The monoisotopic (exact) mass is 174 g/mol. The summed E-state index contributed by atoms with van der Waals surface area (Å²) in [6.45, 7) is 18.0. The van der Waals surface area contributed by atoms with Crippen LogP contribution in [0.15, 0.2) is 39.5 Å². The first-order valence-electron chi connectivity index (χ1n) is 2.61. The molecule has 0 rings (SSSR count). The van der Waals surface area contributed by atoms with Crippen molar-refractivity contribution in [2.75, 3.05) is 0 Å². The van der Waals surface area contributed by atoms with E-state index in [1.54, 1.807) is 0 Å². The third-order valence-electron chi connectivity index (χ3n) is 0.183. The first-order valence-corrected chi connectivity index (χ1v) is 2.61. The van der Waals surface area contributed by atoms with E-state index in [2.05, 4.69) is 39.5 Å². The Hall–Kier alpha value is -1.84. The lowest BCUT2D eigenvalue weighted by Gasteiger charge is -1.72. The Balaban J connectivity index is -0.0000000453. The minimum atomic E-state index is -1.82. The minimum Gasteiger partial charge on any atom is -0.473 e. The molecule has 4 heteroatoms. The molecule has 0 saturated carbocycles. The number of carboxylic acids is 2. The van der Waals surface area contributed by atoms with E-state index in [4.69, 9.17) is 19.8 Å². The number of aliphatic carboxylic acids is 2. The third-order valence-corrected chi connectivity index (χ3v) is 0.183. The van der Waals surface area contributed by atoms with Gasteiger partial charge < -0.3 is 10.2 Å². The van der Waals surface area contributed by atoms with Crippen LogP contribution in [0.3, 0.4) is 0 Å². The van der Waals surface area contributed by atoms with Crippen molar-refractivity contribution in [2.45, 2.75) is 0 Å². The second-order valence-electron chi connectivity index (χ2n) is 0.610. The van der Waals surface area contributed by atoms with E-state index < -0.39 is 11.9 Å². The van der Waals surface area contributed by atoms with Crippen molar-refractivity contribution in [3.05, 3.63) is 39.5 Å². The van der Waals surface area contributed by atoms with Crippen LogP contribution in [0.4, 0.5) is 0 Å². The molecule has 0 spiro atoms. The molecule has 0 aliphatic rings. The number of rotatable bonds is 0. The summed E-state index contributed by atoms with van der Waals surface area (Å²) < 4.78 is 0. The molecule has 0 saturated heterocycles. The summed E-state index contributed by atoms with van der Waals surface area (Å²) in [4.78, 5) is 18.2. The van der Waals surface area contributed by atoms with Gasteiger partial charge in [0, 0.05) is 0 Å². The van der Waals surface area contributed by atoms with E-state index in [0.717, 1.165) is 0 Å². The summed E-state index contributed by atoms with van der Waals surface area (Å²) in [5.74, 6) is -3.65. The van der Waals surface area contributed by atoms with Gasteiger partial charge in [0.25, 0.3) is 0 Å². The molecule has 0 unspecified atom stereocenters. The first-order chi connectivity index (χ1) is 5.64. The fourth-order valence-corrected chi connectivity index (χ4v) is 0. The van der Waals surface area contributed by atoms with E-state index in [1.807, 2.05) is 0 Å². The standard InChI is InChI=1S/C2H2O4.3C2H4/c3-1(4)2(5)6;3*1-2/h(H,3,4)(H,5,6);3*1-2H2. The highest BCUT2D eigenvalue weighted by Crippen LogP contribution is 1.56. The van der Waals surface area contributed by atoms with Crippen LogP contribution in [0.2, 0.25) is 0 Å². The fourth-order valence-electron chi connectivity index (χ4n) is 0. The molecule has 0 heterocycles. The normalized spacial score (nSPS) is 4.67. The molecule has 4 nitrogen and oxygen atoms in total. The molecule has 0 aromatic rings. The number of hydrogen-bond donors (Lipinski definition) is 2. The Morgan fingerprint density at radius 3 is 0.750 bits per heavy atom. The maximum atomic E-state index is 9.10. The van der Waals surface area contributed by atoms with Crippen molar-refractivity contribution >= 4 is 11.9 Å². The molecule has 12 heavy (non-hydrogen) atoms. The van der Waals surface area contributed by atoms with E-state index in [0.29, 0.717) is 0 Å². The van der Waals surface area contributed by atoms with Crippen LogP contribution in [-0.2, 0) is 9.59 Å². The summed E-state index contributed by atoms with van der Waals surface area (Å²) >= 11 is 0. The lowest BCUT2D eigenvalue weighted by molar-refractivity contribution is -0.159. The first kappa shape index (κ1) is 22.5. The highest BCUT2D eigenvalue weighted by Gasteiger charge is 2.04. The Morgan fingerprint density at radius 1 is 0.667 bits per heavy atom. The van der Waals surface area contributed by atoms with Crippen LogP contribution in [0.25, 0.3) is 0 Å². The average Bonchev–Trinajstić information content (AvgIpc) is 2.14. The van der Waals surface area contributed by atoms with Gasteiger partial charge in [0.2, 0.25) is 0 Å². The zero-order valence-electron chi connectivity index (χ0n) is 6.95. The van der Waals surface area contributed by atoms with Crippen molar-refractivity contribution < 1.29 is 19.8 Å². The van der Waals surface area contributed by atoms with Crippen LogP contribution in [0.1, 0.15) is 0 Å². The van der Waals surface area contributed by atoms with Crippen LogP contribution >= 0.6 is 0 Å². The molecule has 0 aliphatic carbocycles. The van der Waals surface area contributed by atoms with Gasteiger partial charge in [0.05, 0.1) is 0 Å². The van der Waals surface area contributed by atoms with Crippen LogP contribution in [-0.4, -0.2) is 22.2 Å². The Morgan fingerprint density at radius 2 is 0.750 bits per heavy atom. The van der Waals surface area contributed by atoms with E-state index in [-0.39, 0.29) is 0 Å². The van der Waals surface area contributed by atoms with Crippen LogP contribution in [0, 0.1) is 0 Å². The molecule has 0 fully saturated rings. The zero-order chi connectivity index (χ0) is 11.2. The Labute approximate surface area is 72.2 Å². The summed E-state index contributed by atoms with van der Waals surface area (Å²) in [6, 6.07) is 0. The molecule has 0 aromatic heterocycles. The smallest absolute Gasteiger partial charge is 0.414 e. The zero-order valence-corrected chi connectivity index (χ0v) is 6.95. The molecule has 0 radical (unpaired) electrons. The van der Waals surface area contributed by atoms with E-state index in [9.17, 15) is 0 Å². The van der Waals surface area contributed by atoms with E-state index in [1.165, 1.54) is 0 Å². The minimum absolute atomic E-state index is 1.82. The molecule has 0 bridgehead atoms. The van der Waals surface area contributed by atoms with Gasteiger partial charge >= 0.3 is 11.9 Å². The van der Waals surface area contributed by atoms with Gasteiger partial charge in [0.15, 0.2) is 0 Å². The molecule has 0 aliphatic heterocycles. The van der Waals surface area contributed by atoms with Crippen LogP contribution in [0.5, 0.6) is 0 Å². The number of hydrogen-bond acceptors (Lipinski definition) is 2. The number of carbonyl (C=O) groups is 2. The molecule has 70 valence electrons. The molecule has 0 atom stereocenters. The van der Waals surface area contributed by atoms with Gasteiger partial charge in [0.1, 0.15) is 0 Å². The van der Waals surface area contributed by atoms with Crippen molar-refractivity contribution in [1.82, 2.24) is 0 Å². The topological polar surface area (TPSA) is 74.6 Å².